The molecule has 0 saturated heterocycles. The van der Waals surface area contributed by atoms with Crippen LogP contribution in [0, 0.1) is 0 Å². The van der Waals surface area contributed by atoms with Gasteiger partial charge in [-0.2, -0.15) is 0 Å². The highest BCUT2D eigenvalue weighted by molar-refractivity contribution is 5.91. The predicted octanol–water partition coefficient (Wildman–Crippen LogP) is 2.51. The molecule has 0 aromatic carbocycles. The molecule has 21 heavy (non-hydrogen) atoms. The molecule has 6 nitrogen and oxygen atoms in total. The largest absolute Gasteiger partial charge is 0.481 e. The van der Waals surface area contributed by atoms with Crippen LogP contribution in [0.3, 0.4) is 0 Å². The average Bonchev–Trinajstić information content (AvgIpc) is 2.37. The zero-order valence-electron chi connectivity index (χ0n) is 13.0. The molecular weight excluding hydrogens is 270 g/mol. The number of nitrogens with zero attached hydrogens (tertiary/aromatic N) is 2. The Morgan fingerprint density at radius 3 is 2.38 bits per heavy atom. The summed E-state index contributed by atoms with van der Waals surface area (Å²) in [6.07, 6.45) is 1.47. The van der Waals surface area contributed by atoms with E-state index in [0.717, 1.165) is 12.2 Å². The van der Waals surface area contributed by atoms with Crippen molar-refractivity contribution < 1.29 is 14.7 Å². The quantitative estimate of drug-likeness (QED) is 0.842. The molecule has 1 rings (SSSR count). The van der Waals surface area contributed by atoms with Gasteiger partial charge in [0.25, 0.3) is 0 Å². The van der Waals surface area contributed by atoms with Crippen LogP contribution in [0.4, 0.5) is 11.5 Å². The normalized spacial score (nSPS) is 11.0. The maximum Gasteiger partial charge on any atom is 0.303 e. The number of anilines is 2. The lowest BCUT2D eigenvalue weighted by Gasteiger charge is -2.36. The van der Waals surface area contributed by atoms with Gasteiger partial charge < -0.3 is 15.3 Å². The number of carbonyl (C=O) groups is 2. The van der Waals surface area contributed by atoms with Crippen LogP contribution >= 0.6 is 0 Å². The topological polar surface area (TPSA) is 82.5 Å². The molecule has 0 radical (unpaired) electrons. The van der Waals surface area contributed by atoms with Crippen molar-refractivity contribution in [2.45, 2.75) is 46.1 Å². The van der Waals surface area contributed by atoms with E-state index in [-0.39, 0.29) is 24.3 Å². The molecule has 0 bridgehead atoms. The molecule has 116 valence electrons. The Kier molecular flexibility index (Phi) is 5.69. The van der Waals surface area contributed by atoms with Crippen molar-refractivity contribution in [3.05, 3.63) is 18.3 Å². The lowest BCUT2D eigenvalue weighted by molar-refractivity contribution is -0.138. The Morgan fingerprint density at radius 1 is 1.29 bits per heavy atom. The van der Waals surface area contributed by atoms with Gasteiger partial charge in [-0.05, 0) is 39.8 Å². The second-order valence-electron chi connectivity index (χ2n) is 5.76. The van der Waals surface area contributed by atoms with E-state index in [1.165, 1.54) is 0 Å². The average molecular weight is 293 g/mol. The van der Waals surface area contributed by atoms with Crippen molar-refractivity contribution >= 4 is 23.4 Å². The van der Waals surface area contributed by atoms with Gasteiger partial charge in [0.2, 0.25) is 5.91 Å². The molecule has 0 fully saturated rings. The van der Waals surface area contributed by atoms with E-state index >= 15 is 0 Å². The van der Waals surface area contributed by atoms with Gasteiger partial charge >= 0.3 is 5.97 Å². The molecule has 0 saturated carbocycles. The van der Waals surface area contributed by atoms with Gasteiger partial charge in [-0.3, -0.25) is 9.59 Å². The number of rotatable bonds is 6. The fourth-order valence-electron chi connectivity index (χ4n) is 2.09. The van der Waals surface area contributed by atoms with E-state index in [0.29, 0.717) is 5.82 Å². The van der Waals surface area contributed by atoms with Gasteiger partial charge in [0.1, 0.15) is 5.82 Å². The molecule has 0 atom stereocenters. The summed E-state index contributed by atoms with van der Waals surface area (Å²) < 4.78 is 0. The van der Waals surface area contributed by atoms with Crippen LogP contribution in [0.1, 0.15) is 40.5 Å². The zero-order valence-corrected chi connectivity index (χ0v) is 13.0. The maximum atomic E-state index is 11.5. The third-order valence-corrected chi connectivity index (χ3v) is 3.02. The molecule has 0 aliphatic rings. The summed E-state index contributed by atoms with van der Waals surface area (Å²) in [5.74, 6) is -0.905. The van der Waals surface area contributed by atoms with Crippen LogP contribution in [0.25, 0.3) is 0 Å². The Hall–Kier alpha value is -2.11. The molecule has 2 N–H and O–H groups in total. The summed E-state index contributed by atoms with van der Waals surface area (Å²) in [6, 6.07) is 3.62. The van der Waals surface area contributed by atoms with Crippen LogP contribution in [0.5, 0.6) is 0 Å². The van der Waals surface area contributed by atoms with Crippen LogP contribution in [-0.4, -0.2) is 34.1 Å². The summed E-state index contributed by atoms with van der Waals surface area (Å²) in [6.45, 7) is 9.30. The summed E-state index contributed by atoms with van der Waals surface area (Å²) in [5, 5.41) is 11.1. The molecule has 0 aliphatic carbocycles. The Balaban J connectivity index is 2.70. The monoisotopic (exact) mass is 293 g/mol. The van der Waals surface area contributed by atoms with Crippen LogP contribution < -0.4 is 10.2 Å². The fourth-order valence-corrected chi connectivity index (χ4v) is 2.09. The van der Waals surface area contributed by atoms with Gasteiger partial charge in [0.05, 0.1) is 18.3 Å². The molecule has 1 heterocycles. The van der Waals surface area contributed by atoms with E-state index in [1.54, 1.807) is 12.3 Å². The number of hydrogen-bond acceptors (Lipinski definition) is 4. The minimum Gasteiger partial charge on any atom is -0.481 e. The number of aromatic nitrogens is 1. The second kappa shape index (κ2) is 7.06. The van der Waals surface area contributed by atoms with Crippen molar-refractivity contribution in [2.24, 2.45) is 0 Å². The minimum absolute atomic E-state index is 0.0112. The third-order valence-electron chi connectivity index (χ3n) is 3.02. The van der Waals surface area contributed by atoms with Gasteiger partial charge in [-0.25, -0.2) is 4.98 Å². The summed E-state index contributed by atoms with van der Waals surface area (Å²) >= 11 is 0. The number of pyridine rings is 1. The molecule has 1 amide bonds. The highest BCUT2D eigenvalue weighted by atomic mass is 16.4. The smallest absolute Gasteiger partial charge is 0.303 e. The fraction of sp³-hybridized carbons (Fsp3) is 0.533. The van der Waals surface area contributed by atoms with E-state index in [9.17, 15) is 9.59 Å². The van der Waals surface area contributed by atoms with E-state index in [2.05, 4.69) is 42.9 Å². The molecule has 0 unspecified atom stereocenters. The number of carboxylic acid groups (broad SMARTS) is 1. The lowest BCUT2D eigenvalue weighted by Crippen LogP contribution is -2.41. The van der Waals surface area contributed by atoms with Crippen molar-refractivity contribution in [1.29, 1.82) is 0 Å². The van der Waals surface area contributed by atoms with Crippen molar-refractivity contribution in [3.63, 3.8) is 0 Å². The Morgan fingerprint density at radius 2 is 1.95 bits per heavy atom. The molecule has 1 aromatic heterocycles. The summed E-state index contributed by atoms with van der Waals surface area (Å²) in [4.78, 5) is 28.3. The Bertz CT molecular complexity index is 492. The van der Waals surface area contributed by atoms with Gasteiger partial charge in [0, 0.05) is 18.5 Å². The third kappa shape index (κ3) is 5.41. The van der Waals surface area contributed by atoms with E-state index < -0.39 is 5.97 Å². The Labute approximate surface area is 125 Å². The van der Waals surface area contributed by atoms with Crippen LogP contribution in [0.2, 0.25) is 0 Å². The van der Waals surface area contributed by atoms with Crippen molar-refractivity contribution in [2.75, 3.05) is 16.8 Å². The predicted molar refractivity (Wildman–Crippen MR) is 82.5 cm³/mol. The number of aliphatic carboxylic acids is 1. The van der Waals surface area contributed by atoms with Crippen molar-refractivity contribution in [3.8, 4) is 0 Å². The highest BCUT2D eigenvalue weighted by Crippen LogP contribution is 2.23. The maximum absolute atomic E-state index is 11.5. The van der Waals surface area contributed by atoms with E-state index in [4.69, 9.17) is 5.11 Å². The molecule has 1 aromatic rings. The first-order chi connectivity index (χ1) is 9.74. The molecule has 6 heteroatoms. The molecular formula is C15H23N3O3. The first kappa shape index (κ1) is 16.9. The first-order valence-electron chi connectivity index (χ1n) is 6.99. The van der Waals surface area contributed by atoms with Gasteiger partial charge in [0.15, 0.2) is 0 Å². The van der Waals surface area contributed by atoms with Gasteiger partial charge in [-0.1, -0.05) is 0 Å². The molecule has 0 spiro atoms. The lowest BCUT2D eigenvalue weighted by atomic mass is 10.1. The number of amides is 1. The zero-order chi connectivity index (χ0) is 16.0. The van der Waals surface area contributed by atoms with Gasteiger partial charge in [-0.15, -0.1) is 0 Å². The SMILES string of the molecule is CCN(c1ccc(NC(=O)CCC(=O)O)nc1)C(C)(C)C. The number of nitrogens with one attached hydrogen (secondary N) is 1. The standard InChI is InChI=1S/C15H23N3O3/c1-5-18(15(2,3)4)11-6-7-12(16-10-11)17-13(19)8-9-14(20)21/h6-7,10H,5,8-9H2,1-4H3,(H,20,21)(H,16,17,19). The minimum atomic E-state index is -0.989. The summed E-state index contributed by atoms with van der Waals surface area (Å²) in [5.41, 5.74) is 0.969. The summed E-state index contributed by atoms with van der Waals surface area (Å²) in [7, 11) is 0. The number of hydrogen-bond donors (Lipinski definition) is 2. The van der Waals surface area contributed by atoms with E-state index in [1.807, 2.05) is 6.07 Å². The highest BCUT2D eigenvalue weighted by Gasteiger charge is 2.20. The van der Waals surface area contributed by atoms with Crippen LogP contribution in [-0.2, 0) is 9.59 Å². The second-order valence-corrected chi connectivity index (χ2v) is 5.76. The number of carbonyl (C=O) groups excluding carboxylic acids is 1. The number of carboxylic acids is 1. The van der Waals surface area contributed by atoms with Crippen molar-refractivity contribution in [1.82, 2.24) is 4.98 Å². The van der Waals surface area contributed by atoms with Crippen LogP contribution in [0.15, 0.2) is 18.3 Å². The first-order valence-corrected chi connectivity index (χ1v) is 6.99. The molecule has 0 aliphatic heterocycles.